The van der Waals surface area contributed by atoms with E-state index in [9.17, 15) is 0 Å². The molecular weight excluding hydrogens is 522 g/mol. The van der Waals surface area contributed by atoms with Crippen LogP contribution in [0.15, 0.2) is 66.4 Å². The maximum absolute atomic E-state index is 6.22. The van der Waals surface area contributed by atoms with Gasteiger partial charge in [0.1, 0.15) is 6.61 Å². The maximum atomic E-state index is 6.22. The van der Waals surface area contributed by atoms with E-state index in [1.165, 1.54) is 51.7 Å². The summed E-state index contributed by atoms with van der Waals surface area (Å²) in [5.74, 6) is 1.19. The van der Waals surface area contributed by atoms with Crippen molar-refractivity contribution in [3.8, 4) is 0 Å². The average molecular weight is 552 g/mol. The van der Waals surface area contributed by atoms with E-state index in [2.05, 4.69) is 90.1 Å². The Morgan fingerprint density at radius 2 is 1.61 bits per heavy atom. The largest absolute Gasteiger partial charge is 1.00 e. The van der Waals surface area contributed by atoms with E-state index in [1.54, 1.807) is 0 Å². The molecule has 0 amide bonds. The minimum absolute atomic E-state index is 0. The smallest absolute Gasteiger partial charge is 0.183 e. The van der Waals surface area contributed by atoms with Crippen molar-refractivity contribution >= 4 is 28.9 Å². The van der Waals surface area contributed by atoms with Crippen molar-refractivity contribution in [1.82, 2.24) is 0 Å². The molecule has 0 aromatic heterocycles. The van der Waals surface area contributed by atoms with Crippen LogP contribution < -0.4 is 24.8 Å². The second-order valence-corrected chi connectivity index (χ2v) is 14.0. The van der Waals surface area contributed by atoms with Crippen LogP contribution in [0.5, 0.6) is 0 Å². The molecule has 0 spiro atoms. The van der Waals surface area contributed by atoms with Crippen LogP contribution in [0.1, 0.15) is 29.5 Å². The van der Waals surface area contributed by atoms with Crippen LogP contribution >= 0.6 is 0 Å². The molecule has 1 atom stereocenters. The minimum Gasteiger partial charge on any atom is -1.00 e. The molecule has 1 aliphatic carbocycles. The van der Waals surface area contributed by atoms with Crippen LogP contribution in [-0.4, -0.2) is 25.2 Å². The minimum atomic E-state index is -1.50. The number of benzene rings is 2. The molecular formula is C25H29Cl2O2SiZr-. The van der Waals surface area contributed by atoms with Gasteiger partial charge in [-0.05, 0) is 36.8 Å². The average Bonchev–Trinajstić information content (AvgIpc) is 3.26. The standard InChI is InChI=1S/C23H25O2Si.C2H4.2ClH.Zr/c1-26(2,3)25-15-14-24-22-16-18-9-5-7-11-20(18)23(22)21-13-12-17-8-4-6-10-19(17)21;1-2;;;/h4-13,16,23H,14-15H2,1-3H3;1H,2H3;2*1H;/q-1;;;;+2/p-2. The number of allylic oxidation sites excluding steroid dienone is 1. The second-order valence-electron chi connectivity index (χ2n) is 8.08. The third kappa shape index (κ3) is 7.30. The summed E-state index contributed by atoms with van der Waals surface area (Å²) >= 11 is 1.51. The first-order valence-electron chi connectivity index (χ1n) is 10.1. The van der Waals surface area contributed by atoms with Crippen molar-refractivity contribution in [1.29, 1.82) is 0 Å². The van der Waals surface area contributed by atoms with E-state index in [1.807, 2.05) is 6.92 Å². The zero-order valence-corrected chi connectivity index (χ0v) is 23.5. The molecule has 0 saturated carbocycles. The van der Waals surface area contributed by atoms with Gasteiger partial charge in [-0.3, -0.25) is 0 Å². The molecule has 0 heterocycles. The van der Waals surface area contributed by atoms with Crippen LogP contribution in [-0.2, 0) is 33.4 Å². The predicted molar refractivity (Wildman–Crippen MR) is 123 cm³/mol. The number of hydrogen-bond donors (Lipinski definition) is 0. The molecule has 0 N–H and O–H groups in total. The van der Waals surface area contributed by atoms with Crippen LogP contribution in [0.4, 0.5) is 0 Å². The molecule has 0 bridgehead atoms. The summed E-state index contributed by atoms with van der Waals surface area (Å²) < 4.78 is 14.3. The van der Waals surface area contributed by atoms with Crippen molar-refractivity contribution in [3.63, 3.8) is 0 Å². The fraction of sp³-hybridized carbons (Fsp3) is 0.280. The van der Waals surface area contributed by atoms with E-state index >= 15 is 0 Å². The fourth-order valence-electron chi connectivity index (χ4n) is 3.67. The van der Waals surface area contributed by atoms with Gasteiger partial charge in [0, 0.05) is 5.92 Å². The Kier molecular flexibility index (Phi) is 11.8. The van der Waals surface area contributed by atoms with Crippen LogP contribution in [0.25, 0.3) is 16.8 Å². The first-order chi connectivity index (χ1) is 13.9. The summed E-state index contributed by atoms with van der Waals surface area (Å²) in [4.78, 5) is 0. The first kappa shape index (κ1) is 28.1. The zero-order valence-electron chi connectivity index (χ0n) is 18.5. The normalized spacial score (nSPS) is 14.4. The van der Waals surface area contributed by atoms with E-state index in [4.69, 9.17) is 9.16 Å². The quantitative estimate of drug-likeness (QED) is 0.249. The van der Waals surface area contributed by atoms with Gasteiger partial charge in [-0.1, -0.05) is 30.3 Å². The summed E-state index contributed by atoms with van der Waals surface area (Å²) in [5.41, 5.74) is 3.90. The molecule has 0 saturated heterocycles. The fourth-order valence-corrected chi connectivity index (χ4v) is 4.37. The first-order valence-corrected chi connectivity index (χ1v) is 14.9. The van der Waals surface area contributed by atoms with Crippen LogP contribution in [0.3, 0.4) is 0 Å². The molecule has 1 unspecified atom stereocenters. The number of hydrogen-bond acceptors (Lipinski definition) is 2. The zero-order chi connectivity index (χ0) is 20.9. The molecule has 0 fully saturated rings. The molecule has 164 valence electrons. The van der Waals surface area contributed by atoms with Gasteiger partial charge >= 0.3 is 34.9 Å². The van der Waals surface area contributed by atoms with Crippen molar-refractivity contribution < 1.29 is 58.2 Å². The summed E-state index contributed by atoms with van der Waals surface area (Å²) in [6, 6.07) is 21.6. The molecule has 0 aliphatic heterocycles. The Hall–Kier alpha value is -0.900. The second kappa shape index (κ2) is 13.0. The Balaban J connectivity index is 0.000000910. The molecule has 3 aromatic rings. The molecule has 1 aliphatic rings. The Bertz CT molecular complexity index is 1010. The van der Waals surface area contributed by atoms with Gasteiger partial charge < -0.3 is 34.0 Å². The SMILES string of the molecule is C[CH]=[Zr+2].C[Si](C)(C)OCCOC1=Cc2ccccc2C1[c-]1ccc2ccccc21.[Cl-].[Cl-]. The molecule has 31 heavy (non-hydrogen) atoms. The Labute approximate surface area is 214 Å². The molecule has 2 nitrogen and oxygen atoms in total. The third-order valence-electron chi connectivity index (χ3n) is 4.80. The number of ether oxygens (including phenoxy) is 1. The van der Waals surface area contributed by atoms with E-state index in [0.717, 1.165) is 5.76 Å². The summed E-state index contributed by atoms with van der Waals surface area (Å²) in [6.45, 7) is 9.90. The van der Waals surface area contributed by atoms with Crippen molar-refractivity contribution in [2.75, 3.05) is 13.2 Å². The molecule has 6 heteroatoms. The van der Waals surface area contributed by atoms with Crippen molar-refractivity contribution in [2.24, 2.45) is 0 Å². The van der Waals surface area contributed by atoms with Gasteiger partial charge in [-0.25, -0.2) is 0 Å². The monoisotopic (exact) mass is 549 g/mol. The van der Waals surface area contributed by atoms with Crippen LogP contribution in [0, 0.1) is 0 Å². The topological polar surface area (TPSA) is 18.5 Å². The summed E-state index contributed by atoms with van der Waals surface area (Å²) in [5, 5.41) is 2.59. The van der Waals surface area contributed by atoms with E-state index in [-0.39, 0.29) is 30.7 Å². The van der Waals surface area contributed by atoms with E-state index < -0.39 is 8.32 Å². The molecule has 0 radical (unpaired) electrons. The maximum Gasteiger partial charge on any atom is 0.183 e. The van der Waals surface area contributed by atoms with Crippen LogP contribution in [0.2, 0.25) is 19.6 Å². The summed E-state index contributed by atoms with van der Waals surface area (Å²) in [6.07, 6.45) is 2.19. The van der Waals surface area contributed by atoms with Gasteiger partial charge in [0.25, 0.3) is 0 Å². The Morgan fingerprint density at radius 1 is 0.968 bits per heavy atom. The van der Waals surface area contributed by atoms with Gasteiger partial charge in [0.15, 0.2) is 8.32 Å². The van der Waals surface area contributed by atoms with Gasteiger partial charge in [-0.15, -0.1) is 40.6 Å². The Morgan fingerprint density at radius 3 is 2.32 bits per heavy atom. The van der Waals surface area contributed by atoms with Crippen molar-refractivity contribution in [2.45, 2.75) is 32.5 Å². The summed E-state index contributed by atoms with van der Waals surface area (Å²) in [7, 11) is -1.50. The number of fused-ring (bicyclic) bond motifs is 2. The number of halogens is 2. The van der Waals surface area contributed by atoms with Gasteiger partial charge in [0.05, 0.1) is 12.4 Å². The molecule has 4 rings (SSSR count). The third-order valence-corrected chi connectivity index (χ3v) is 5.87. The van der Waals surface area contributed by atoms with Gasteiger partial charge in [0.2, 0.25) is 0 Å². The van der Waals surface area contributed by atoms with Crippen molar-refractivity contribution in [3.05, 3.63) is 83.1 Å². The van der Waals surface area contributed by atoms with Gasteiger partial charge in [-0.2, -0.15) is 6.07 Å². The number of rotatable bonds is 6. The predicted octanol–water partition coefficient (Wildman–Crippen LogP) is 0.277. The molecule has 3 aromatic carbocycles. The van der Waals surface area contributed by atoms with E-state index in [0.29, 0.717) is 13.2 Å².